The van der Waals surface area contributed by atoms with E-state index >= 15 is 0 Å². The SMILES string of the molecule is COCC(=O)N(Cc1ccco1)Cc1cc(Cl)ccc1OS(C)(=O)=O. The first kappa shape index (κ1) is 19.3. The summed E-state index contributed by atoms with van der Waals surface area (Å²) in [4.78, 5) is 13.8. The van der Waals surface area contributed by atoms with Gasteiger partial charge in [0.1, 0.15) is 18.1 Å². The molecule has 1 aromatic carbocycles. The van der Waals surface area contributed by atoms with Crippen LogP contribution in [0, 0.1) is 0 Å². The number of furan rings is 1. The zero-order chi connectivity index (χ0) is 18.4. The average Bonchev–Trinajstić information content (AvgIpc) is 3.01. The van der Waals surface area contributed by atoms with Crippen LogP contribution in [0.1, 0.15) is 11.3 Å². The molecule has 0 saturated carbocycles. The Morgan fingerprint density at radius 2 is 2.04 bits per heavy atom. The van der Waals surface area contributed by atoms with E-state index in [0.29, 0.717) is 16.3 Å². The number of hydrogen-bond acceptors (Lipinski definition) is 6. The molecule has 136 valence electrons. The van der Waals surface area contributed by atoms with Crippen molar-refractivity contribution in [3.8, 4) is 5.75 Å². The second-order valence-corrected chi connectivity index (χ2v) is 7.31. The number of ether oxygens (including phenoxy) is 1. The summed E-state index contributed by atoms with van der Waals surface area (Å²) >= 11 is 6.00. The maximum absolute atomic E-state index is 12.3. The molecule has 0 aliphatic rings. The fraction of sp³-hybridized carbons (Fsp3) is 0.312. The fourth-order valence-corrected chi connectivity index (χ4v) is 2.84. The van der Waals surface area contributed by atoms with Crippen LogP contribution < -0.4 is 4.18 Å². The zero-order valence-electron chi connectivity index (χ0n) is 13.8. The van der Waals surface area contributed by atoms with Crippen LogP contribution in [0.25, 0.3) is 0 Å². The van der Waals surface area contributed by atoms with Crippen LogP contribution >= 0.6 is 11.6 Å². The highest BCUT2D eigenvalue weighted by molar-refractivity contribution is 7.86. The molecule has 0 atom stereocenters. The van der Waals surface area contributed by atoms with E-state index in [1.54, 1.807) is 18.2 Å². The van der Waals surface area contributed by atoms with Crippen molar-refractivity contribution in [3.63, 3.8) is 0 Å². The van der Waals surface area contributed by atoms with Gasteiger partial charge in [0.05, 0.1) is 19.1 Å². The Hall–Kier alpha value is -2.03. The van der Waals surface area contributed by atoms with Crippen LogP contribution in [-0.2, 0) is 32.7 Å². The quantitative estimate of drug-likeness (QED) is 0.647. The molecule has 2 aromatic rings. The molecule has 0 N–H and O–H groups in total. The molecule has 1 aromatic heterocycles. The van der Waals surface area contributed by atoms with Gasteiger partial charge in [-0.15, -0.1) is 0 Å². The largest absolute Gasteiger partial charge is 0.467 e. The van der Waals surface area contributed by atoms with E-state index in [2.05, 4.69) is 0 Å². The van der Waals surface area contributed by atoms with Crippen molar-refractivity contribution in [1.29, 1.82) is 0 Å². The number of halogens is 1. The van der Waals surface area contributed by atoms with Crippen molar-refractivity contribution in [1.82, 2.24) is 4.90 Å². The monoisotopic (exact) mass is 387 g/mol. The Bertz CT molecular complexity index is 819. The normalized spacial score (nSPS) is 11.3. The Kier molecular flexibility index (Phi) is 6.46. The minimum absolute atomic E-state index is 0.0777. The lowest BCUT2D eigenvalue weighted by molar-refractivity contribution is -0.136. The number of benzene rings is 1. The maximum Gasteiger partial charge on any atom is 0.306 e. The zero-order valence-corrected chi connectivity index (χ0v) is 15.3. The molecular weight excluding hydrogens is 370 g/mol. The van der Waals surface area contributed by atoms with Crippen LogP contribution in [0.2, 0.25) is 5.02 Å². The van der Waals surface area contributed by atoms with Gasteiger partial charge >= 0.3 is 10.1 Å². The van der Waals surface area contributed by atoms with Gasteiger partial charge in [0.25, 0.3) is 0 Å². The molecule has 9 heteroatoms. The molecule has 1 amide bonds. The molecule has 0 aliphatic carbocycles. The van der Waals surface area contributed by atoms with Gasteiger partial charge in [-0.2, -0.15) is 8.42 Å². The Morgan fingerprint density at radius 3 is 2.64 bits per heavy atom. The fourth-order valence-electron chi connectivity index (χ4n) is 2.16. The molecular formula is C16H18ClNO6S. The van der Waals surface area contributed by atoms with Gasteiger partial charge in [0.15, 0.2) is 0 Å². The lowest BCUT2D eigenvalue weighted by Crippen LogP contribution is -2.33. The summed E-state index contributed by atoms with van der Waals surface area (Å²) in [7, 11) is -2.30. The van der Waals surface area contributed by atoms with Crippen LogP contribution in [0.4, 0.5) is 0 Å². The minimum Gasteiger partial charge on any atom is -0.467 e. The molecule has 1 heterocycles. The highest BCUT2D eigenvalue weighted by atomic mass is 35.5. The summed E-state index contributed by atoms with van der Waals surface area (Å²) in [5, 5.41) is 0.396. The highest BCUT2D eigenvalue weighted by Crippen LogP contribution is 2.26. The van der Waals surface area contributed by atoms with Crippen molar-refractivity contribution in [3.05, 3.63) is 52.9 Å². The molecule has 2 rings (SSSR count). The number of carbonyl (C=O) groups excluding carboxylic acids is 1. The standard InChI is InChI=1S/C16H18ClNO6S/c1-22-11-16(19)18(10-14-4-3-7-23-14)9-12-8-13(17)5-6-15(12)24-25(2,20)21/h3-8H,9-11H2,1-2H3. The van der Waals surface area contributed by atoms with E-state index < -0.39 is 10.1 Å². The van der Waals surface area contributed by atoms with Gasteiger partial charge in [0.2, 0.25) is 5.91 Å². The predicted molar refractivity (Wildman–Crippen MR) is 91.8 cm³/mol. The lowest BCUT2D eigenvalue weighted by Gasteiger charge is -2.22. The van der Waals surface area contributed by atoms with E-state index in [1.807, 2.05) is 0 Å². The van der Waals surface area contributed by atoms with Crippen molar-refractivity contribution in [2.24, 2.45) is 0 Å². The van der Waals surface area contributed by atoms with E-state index in [0.717, 1.165) is 6.26 Å². The average molecular weight is 388 g/mol. The summed E-state index contributed by atoms with van der Waals surface area (Å²) in [6, 6.07) is 7.96. The first-order chi connectivity index (χ1) is 11.8. The third kappa shape index (κ3) is 6.08. The van der Waals surface area contributed by atoms with E-state index in [4.69, 9.17) is 24.9 Å². The molecule has 7 nitrogen and oxygen atoms in total. The number of rotatable bonds is 8. The maximum atomic E-state index is 12.3. The van der Waals surface area contributed by atoms with Gasteiger partial charge in [-0.25, -0.2) is 0 Å². The Balaban J connectivity index is 2.30. The van der Waals surface area contributed by atoms with Crippen molar-refractivity contribution in [2.45, 2.75) is 13.1 Å². The number of nitrogens with zero attached hydrogens (tertiary/aromatic N) is 1. The third-order valence-electron chi connectivity index (χ3n) is 3.17. The molecule has 0 unspecified atom stereocenters. The summed E-state index contributed by atoms with van der Waals surface area (Å²) in [5.74, 6) is 0.405. The number of amides is 1. The molecule has 0 spiro atoms. The van der Waals surface area contributed by atoms with Gasteiger partial charge in [-0.3, -0.25) is 4.79 Å². The second kappa shape index (κ2) is 8.37. The van der Waals surface area contributed by atoms with Gasteiger partial charge < -0.3 is 18.2 Å². The molecule has 0 radical (unpaired) electrons. The minimum atomic E-state index is -3.72. The summed E-state index contributed by atoms with van der Waals surface area (Å²) in [5.41, 5.74) is 0.453. The van der Waals surface area contributed by atoms with E-state index in [1.165, 1.54) is 30.4 Å². The highest BCUT2D eigenvalue weighted by Gasteiger charge is 2.19. The van der Waals surface area contributed by atoms with E-state index in [-0.39, 0.29) is 31.4 Å². The smallest absolute Gasteiger partial charge is 0.306 e. The number of hydrogen-bond donors (Lipinski definition) is 0. The molecule has 0 fully saturated rings. The van der Waals surface area contributed by atoms with Crippen LogP contribution in [0.3, 0.4) is 0 Å². The summed E-state index contributed by atoms with van der Waals surface area (Å²) in [6.07, 6.45) is 2.45. The van der Waals surface area contributed by atoms with Crippen molar-refractivity contribution in [2.75, 3.05) is 20.0 Å². The Morgan fingerprint density at radius 1 is 1.28 bits per heavy atom. The van der Waals surface area contributed by atoms with E-state index in [9.17, 15) is 13.2 Å². The van der Waals surface area contributed by atoms with Gasteiger partial charge in [-0.05, 0) is 30.3 Å². The molecule has 0 saturated heterocycles. The molecule has 0 bridgehead atoms. The van der Waals surface area contributed by atoms with Gasteiger partial charge in [0, 0.05) is 24.2 Å². The topological polar surface area (TPSA) is 86.0 Å². The van der Waals surface area contributed by atoms with Gasteiger partial charge in [-0.1, -0.05) is 11.6 Å². The Labute approximate surface area is 151 Å². The molecule has 0 aliphatic heterocycles. The summed E-state index contributed by atoms with van der Waals surface area (Å²) < 4.78 is 38.1. The lowest BCUT2D eigenvalue weighted by atomic mass is 10.2. The van der Waals surface area contributed by atoms with Crippen LogP contribution in [0.5, 0.6) is 5.75 Å². The number of carbonyl (C=O) groups is 1. The van der Waals surface area contributed by atoms with Crippen LogP contribution in [-0.4, -0.2) is 39.2 Å². The second-order valence-electron chi connectivity index (χ2n) is 5.30. The summed E-state index contributed by atoms with van der Waals surface area (Å²) in [6.45, 7) is 0.151. The van der Waals surface area contributed by atoms with Crippen molar-refractivity contribution < 1.29 is 26.5 Å². The third-order valence-corrected chi connectivity index (χ3v) is 3.89. The first-order valence-electron chi connectivity index (χ1n) is 7.25. The van der Waals surface area contributed by atoms with Crippen LogP contribution in [0.15, 0.2) is 41.0 Å². The predicted octanol–water partition coefficient (Wildman–Crippen LogP) is 2.45. The van der Waals surface area contributed by atoms with Crippen molar-refractivity contribution >= 4 is 27.6 Å². The first-order valence-corrected chi connectivity index (χ1v) is 9.45. The molecule has 25 heavy (non-hydrogen) atoms. The number of methoxy groups -OCH3 is 1.